The van der Waals surface area contributed by atoms with Gasteiger partial charge < -0.3 is 16.0 Å². The van der Waals surface area contributed by atoms with Gasteiger partial charge in [-0.15, -0.1) is 0 Å². The molecule has 1 saturated heterocycles. The van der Waals surface area contributed by atoms with E-state index in [-0.39, 0.29) is 11.8 Å². The smallest absolute Gasteiger partial charge is 0.221 e. The minimum atomic E-state index is 0.00605. The zero-order valence-electron chi connectivity index (χ0n) is 11.4. The lowest BCUT2D eigenvalue weighted by Crippen LogP contribution is -2.33. The Hall–Kier alpha value is -1.10. The van der Waals surface area contributed by atoms with Gasteiger partial charge in [-0.25, -0.2) is 0 Å². The molecule has 0 aromatic carbocycles. The van der Waals surface area contributed by atoms with Crippen molar-refractivity contribution < 1.29 is 9.59 Å². The Morgan fingerprint density at radius 2 is 2.06 bits per heavy atom. The molecule has 1 heterocycles. The molecule has 0 saturated carbocycles. The van der Waals surface area contributed by atoms with Gasteiger partial charge in [-0.2, -0.15) is 0 Å². The third-order valence-corrected chi connectivity index (χ3v) is 3.02. The van der Waals surface area contributed by atoms with E-state index in [2.05, 4.69) is 29.8 Å². The summed E-state index contributed by atoms with van der Waals surface area (Å²) < 4.78 is 0. The van der Waals surface area contributed by atoms with Gasteiger partial charge in [-0.3, -0.25) is 9.59 Å². The van der Waals surface area contributed by atoms with Crippen molar-refractivity contribution in [2.45, 2.75) is 33.1 Å². The molecule has 5 nitrogen and oxygen atoms in total. The molecule has 1 aliphatic heterocycles. The maximum Gasteiger partial charge on any atom is 0.221 e. The van der Waals surface area contributed by atoms with E-state index in [0.29, 0.717) is 37.8 Å². The Morgan fingerprint density at radius 3 is 2.67 bits per heavy atom. The Morgan fingerprint density at radius 1 is 1.28 bits per heavy atom. The Balaban J connectivity index is 2.02. The monoisotopic (exact) mass is 255 g/mol. The lowest BCUT2D eigenvalue weighted by molar-refractivity contribution is -0.122. The molecule has 0 spiro atoms. The second-order valence-corrected chi connectivity index (χ2v) is 5.36. The first-order valence-corrected chi connectivity index (χ1v) is 6.82. The molecule has 0 radical (unpaired) electrons. The van der Waals surface area contributed by atoms with Crippen LogP contribution in [0.15, 0.2) is 0 Å². The summed E-state index contributed by atoms with van der Waals surface area (Å²) in [6, 6.07) is 0. The lowest BCUT2D eigenvalue weighted by atomic mass is 10.0. The summed E-state index contributed by atoms with van der Waals surface area (Å²) in [7, 11) is 0. The highest BCUT2D eigenvalue weighted by Crippen LogP contribution is 2.11. The van der Waals surface area contributed by atoms with Crippen LogP contribution in [0.5, 0.6) is 0 Å². The normalized spacial score (nSPS) is 18.9. The van der Waals surface area contributed by atoms with Crippen LogP contribution in [-0.2, 0) is 9.59 Å². The van der Waals surface area contributed by atoms with Crippen LogP contribution in [0, 0.1) is 11.8 Å². The van der Waals surface area contributed by atoms with E-state index in [1.165, 1.54) is 0 Å². The average molecular weight is 255 g/mol. The quantitative estimate of drug-likeness (QED) is 0.611. The van der Waals surface area contributed by atoms with E-state index >= 15 is 0 Å². The number of carbonyl (C=O) groups is 2. The summed E-state index contributed by atoms with van der Waals surface area (Å²) in [6.07, 6.45) is 2.00. The number of amides is 2. The SMILES string of the molecule is CC(C)CNC(=O)CCNC(=O)CC1CCNC1. The summed E-state index contributed by atoms with van der Waals surface area (Å²) in [5, 5.41) is 8.86. The van der Waals surface area contributed by atoms with Gasteiger partial charge in [0.05, 0.1) is 0 Å². The standard InChI is InChI=1S/C13H25N3O2/c1-10(2)8-16-12(17)4-6-15-13(18)7-11-3-5-14-9-11/h10-11,14H,3-9H2,1-2H3,(H,15,18)(H,16,17). The summed E-state index contributed by atoms with van der Waals surface area (Å²) in [5.41, 5.74) is 0. The van der Waals surface area contributed by atoms with Crippen molar-refractivity contribution in [2.24, 2.45) is 11.8 Å². The summed E-state index contributed by atoms with van der Waals surface area (Å²) in [4.78, 5) is 23.0. The molecule has 2 amide bonds. The highest BCUT2D eigenvalue weighted by molar-refractivity contribution is 5.79. The third-order valence-electron chi connectivity index (χ3n) is 3.02. The molecule has 0 aliphatic carbocycles. The van der Waals surface area contributed by atoms with Crippen LogP contribution in [0.25, 0.3) is 0 Å². The van der Waals surface area contributed by atoms with E-state index in [1.54, 1.807) is 0 Å². The third kappa shape index (κ3) is 6.59. The molecule has 3 N–H and O–H groups in total. The molecule has 1 unspecified atom stereocenters. The largest absolute Gasteiger partial charge is 0.356 e. The van der Waals surface area contributed by atoms with Crippen LogP contribution in [0.1, 0.15) is 33.1 Å². The number of rotatable bonds is 7. The van der Waals surface area contributed by atoms with Crippen molar-refractivity contribution in [1.82, 2.24) is 16.0 Å². The molecular weight excluding hydrogens is 230 g/mol. The van der Waals surface area contributed by atoms with Crippen LogP contribution >= 0.6 is 0 Å². The molecular formula is C13H25N3O2. The maximum atomic E-state index is 11.6. The van der Waals surface area contributed by atoms with Crippen LogP contribution in [0.4, 0.5) is 0 Å². The van der Waals surface area contributed by atoms with Gasteiger partial charge in [0.2, 0.25) is 11.8 Å². The molecule has 5 heteroatoms. The highest BCUT2D eigenvalue weighted by Gasteiger charge is 2.17. The Bertz CT molecular complexity index is 273. The van der Waals surface area contributed by atoms with Crippen LogP contribution in [0.2, 0.25) is 0 Å². The van der Waals surface area contributed by atoms with E-state index in [1.807, 2.05) is 0 Å². The van der Waals surface area contributed by atoms with Crippen LogP contribution in [-0.4, -0.2) is 38.0 Å². The second kappa shape index (κ2) is 8.08. The second-order valence-electron chi connectivity index (χ2n) is 5.36. The first-order chi connectivity index (χ1) is 8.58. The zero-order chi connectivity index (χ0) is 13.4. The van der Waals surface area contributed by atoms with Crippen molar-refractivity contribution in [3.05, 3.63) is 0 Å². The van der Waals surface area contributed by atoms with Crippen molar-refractivity contribution in [1.29, 1.82) is 0 Å². The van der Waals surface area contributed by atoms with Gasteiger partial charge in [-0.05, 0) is 31.3 Å². The fraction of sp³-hybridized carbons (Fsp3) is 0.846. The van der Waals surface area contributed by atoms with Crippen molar-refractivity contribution in [3.63, 3.8) is 0 Å². The van der Waals surface area contributed by atoms with Crippen molar-refractivity contribution >= 4 is 11.8 Å². The predicted octanol–water partition coefficient (Wildman–Crippen LogP) is 0.265. The van der Waals surface area contributed by atoms with Gasteiger partial charge in [0.15, 0.2) is 0 Å². The molecule has 0 bridgehead atoms. The number of carbonyl (C=O) groups excluding carboxylic acids is 2. The van der Waals surface area contributed by atoms with E-state index in [4.69, 9.17) is 0 Å². The van der Waals surface area contributed by atoms with Gasteiger partial charge in [0.25, 0.3) is 0 Å². The van der Waals surface area contributed by atoms with E-state index < -0.39 is 0 Å². The van der Waals surface area contributed by atoms with E-state index in [9.17, 15) is 9.59 Å². The zero-order valence-corrected chi connectivity index (χ0v) is 11.4. The van der Waals surface area contributed by atoms with Crippen LogP contribution < -0.4 is 16.0 Å². The van der Waals surface area contributed by atoms with Gasteiger partial charge >= 0.3 is 0 Å². The molecule has 104 valence electrons. The first-order valence-electron chi connectivity index (χ1n) is 6.82. The minimum Gasteiger partial charge on any atom is -0.356 e. The summed E-state index contributed by atoms with van der Waals surface area (Å²) >= 11 is 0. The van der Waals surface area contributed by atoms with E-state index in [0.717, 1.165) is 19.5 Å². The first kappa shape index (κ1) is 15.0. The molecule has 1 fully saturated rings. The average Bonchev–Trinajstić information content (AvgIpc) is 2.79. The molecule has 1 atom stereocenters. The molecule has 18 heavy (non-hydrogen) atoms. The highest BCUT2D eigenvalue weighted by atomic mass is 16.2. The molecule has 1 aliphatic rings. The van der Waals surface area contributed by atoms with Gasteiger partial charge in [0, 0.05) is 25.9 Å². The van der Waals surface area contributed by atoms with Gasteiger partial charge in [0.1, 0.15) is 0 Å². The Kier molecular flexibility index (Phi) is 6.72. The number of nitrogens with one attached hydrogen (secondary N) is 3. The Labute approximate surface area is 109 Å². The minimum absolute atomic E-state index is 0.00605. The molecule has 0 aromatic rings. The fourth-order valence-electron chi connectivity index (χ4n) is 1.94. The lowest BCUT2D eigenvalue weighted by Gasteiger charge is -2.10. The topological polar surface area (TPSA) is 70.2 Å². The predicted molar refractivity (Wildman–Crippen MR) is 71.1 cm³/mol. The summed E-state index contributed by atoms with van der Waals surface area (Å²) in [5.74, 6) is 0.977. The van der Waals surface area contributed by atoms with Gasteiger partial charge in [-0.1, -0.05) is 13.8 Å². The maximum absolute atomic E-state index is 11.6. The fourth-order valence-corrected chi connectivity index (χ4v) is 1.94. The number of hydrogen-bond acceptors (Lipinski definition) is 3. The number of hydrogen-bond donors (Lipinski definition) is 3. The molecule has 0 aromatic heterocycles. The van der Waals surface area contributed by atoms with Crippen LogP contribution in [0.3, 0.4) is 0 Å². The van der Waals surface area contributed by atoms with Crippen molar-refractivity contribution in [3.8, 4) is 0 Å². The summed E-state index contributed by atoms with van der Waals surface area (Å²) in [6.45, 7) is 7.18. The van der Waals surface area contributed by atoms with Crippen molar-refractivity contribution in [2.75, 3.05) is 26.2 Å². The molecule has 1 rings (SSSR count).